The van der Waals surface area contributed by atoms with Crippen LogP contribution in [0.5, 0.6) is 0 Å². The standard InChI is InChI=1S/C17H25N3O/c1-2-14(18)13-5-3-4-6-16(13)20-10-9-15-12(11-20)7-8-17(21)19-15/h3-6,12,14-15H,2,7-11,18H2,1H3,(H,19,21)/t12?,14-,15?/m1/s1. The summed E-state index contributed by atoms with van der Waals surface area (Å²) in [5.41, 5.74) is 8.80. The molecule has 2 fully saturated rings. The number of piperidine rings is 2. The molecule has 1 aromatic carbocycles. The number of anilines is 1. The van der Waals surface area contributed by atoms with Gasteiger partial charge >= 0.3 is 0 Å². The summed E-state index contributed by atoms with van der Waals surface area (Å²) in [5.74, 6) is 0.792. The van der Waals surface area contributed by atoms with E-state index in [1.165, 1.54) is 11.3 Å². The molecule has 0 saturated carbocycles. The van der Waals surface area contributed by atoms with Crippen molar-refractivity contribution in [3.8, 4) is 0 Å². The van der Waals surface area contributed by atoms with Crippen molar-refractivity contribution in [3.05, 3.63) is 29.8 Å². The Morgan fingerprint density at radius 1 is 1.38 bits per heavy atom. The first-order valence-electron chi connectivity index (χ1n) is 8.08. The Bertz CT molecular complexity index is 517. The lowest BCUT2D eigenvalue weighted by Crippen LogP contribution is -2.54. The average molecular weight is 287 g/mol. The fourth-order valence-electron chi connectivity index (χ4n) is 3.64. The minimum absolute atomic E-state index is 0.102. The first kappa shape index (κ1) is 14.4. The van der Waals surface area contributed by atoms with Crippen LogP contribution >= 0.6 is 0 Å². The predicted molar refractivity (Wildman–Crippen MR) is 85.1 cm³/mol. The lowest BCUT2D eigenvalue weighted by Gasteiger charge is -2.43. The highest BCUT2D eigenvalue weighted by atomic mass is 16.1. The van der Waals surface area contributed by atoms with E-state index in [1.807, 2.05) is 0 Å². The lowest BCUT2D eigenvalue weighted by atomic mass is 9.84. The summed E-state index contributed by atoms with van der Waals surface area (Å²) in [6.45, 7) is 4.15. The van der Waals surface area contributed by atoms with Crippen molar-refractivity contribution in [1.29, 1.82) is 0 Å². The Kier molecular flexibility index (Phi) is 4.15. The van der Waals surface area contributed by atoms with Crippen molar-refractivity contribution in [2.75, 3.05) is 18.0 Å². The Balaban J connectivity index is 1.78. The van der Waals surface area contributed by atoms with Gasteiger partial charge in [0.05, 0.1) is 0 Å². The van der Waals surface area contributed by atoms with Crippen LogP contribution in [0.15, 0.2) is 24.3 Å². The van der Waals surface area contributed by atoms with Crippen LogP contribution < -0.4 is 16.0 Å². The number of nitrogens with one attached hydrogen (secondary N) is 1. The summed E-state index contributed by atoms with van der Waals surface area (Å²) < 4.78 is 0. The molecule has 2 unspecified atom stereocenters. The zero-order valence-electron chi connectivity index (χ0n) is 12.7. The number of para-hydroxylation sites is 1. The van der Waals surface area contributed by atoms with Crippen LogP contribution in [0, 0.1) is 5.92 Å². The van der Waals surface area contributed by atoms with Gasteiger partial charge in [0.1, 0.15) is 0 Å². The van der Waals surface area contributed by atoms with Crippen molar-refractivity contribution in [1.82, 2.24) is 5.32 Å². The topological polar surface area (TPSA) is 58.4 Å². The number of nitrogens with zero attached hydrogens (tertiary/aromatic N) is 1. The number of rotatable bonds is 3. The van der Waals surface area contributed by atoms with E-state index < -0.39 is 0 Å². The number of carbonyl (C=O) groups excluding carboxylic acids is 1. The molecule has 0 aliphatic carbocycles. The molecular weight excluding hydrogens is 262 g/mol. The van der Waals surface area contributed by atoms with Crippen molar-refractivity contribution in [2.24, 2.45) is 11.7 Å². The van der Waals surface area contributed by atoms with E-state index in [-0.39, 0.29) is 11.9 Å². The number of hydrogen-bond donors (Lipinski definition) is 2. The number of hydrogen-bond acceptors (Lipinski definition) is 3. The summed E-state index contributed by atoms with van der Waals surface area (Å²) in [7, 11) is 0. The Hall–Kier alpha value is -1.55. The average Bonchev–Trinajstić information content (AvgIpc) is 2.53. The van der Waals surface area contributed by atoms with Crippen molar-refractivity contribution >= 4 is 11.6 Å². The third kappa shape index (κ3) is 2.91. The van der Waals surface area contributed by atoms with Gasteiger partial charge in [-0.05, 0) is 36.8 Å². The molecule has 3 rings (SSSR count). The van der Waals surface area contributed by atoms with E-state index in [2.05, 4.69) is 41.4 Å². The molecule has 2 aliphatic heterocycles. The molecular formula is C17H25N3O. The van der Waals surface area contributed by atoms with Gasteiger partial charge in [-0.1, -0.05) is 25.1 Å². The zero-order chi connectivity index (χ0) is 14.8. The predicted octanol–water partition coefficient (Wildman–Crippen LogP) is 2.20. The van der Waals surface area contributed by atoms with Gasteiger partial charge in [0.15, 0.2) is 0 Å². The van der Waals surface area contributed by atoms with Crippen LogP contribution in [-0.2, 0) is 4.79 Å². The maximum Gasteiger partial charge on any atom is 0.220 e. The smallest absolute Gasteiger partial charge is 0.220 e. The molecule has 2 saturated heterocycles. The number of amides is 1. The maximum atomic E-state index is 11.5. The van der Waals surface area contributed by atoms with E-state index in [9.17, 15) is 4.79 Å². The van der Waals surface area contributed by atoms with Crippen molar-refractivity contribution in [2.45, 2.75) is 44.7 Å². The van der Waals surface area contributed by atoms with Gasteiger partial charge in [-0.15, -0.1) is 0 Å². The third-order valence-electron chi connectivity index (χ3n) is 4.94. The highest BCUT2D eigenvalue weighted by molar-refractivity contribution is 5.77. The molecule has 2 aliphatic rings. The second-order valence-electron chi connectivity index (χ2n) is 6.28. The second-order valence-corrected chi connectivity index (χ2v) is 6.28. The molecule has 21 heavy (non-hydrogen) atoms. The highest BCUT2D eigenvalue weighted by Crippen LogP contribution is 2.32. The minimum atomic E-state index is 0.102. The molecule has 4 heteroatoms. The summed E-state index contributed by atoms with van der Waals surface area (Å²) in [4.78, 5) is 14.0. The van der Waals surface area contributed by atoms with E-state index in [4.69, 9.17) is 5.73 Å². The van der Waals surface area contributed by atoms with Crippen LogP contribution in [0.3, 0.4) is 0 Å². The number of fused-ring (bicyclic) bond motifs is 1. The monoisotopic (exact) mass is 287 g/mol. The van der Waals surface area contributed by atoms with Gasteiger partial charge in [0, 0.05) is 37.3 Å². The van der Waals surface area contributed by atoms with Gasteiger partial charge in [-0.3, -0.25) is 4.79 Å². The van der Waals surface area contributed by atoms with Crippen molar-refractivity contribution in [3.63, 3.8) is 0 Å². The Morgan fingerprint density at radius 3 is 3.00 bits per heavy atom. The van der Waals surface area contributed by atoms with Crippen molar-refractivity contribution < 1.29 is 4.79 Å². The van der Waals surface area contributed by atoms with Gasteiger partial charge in [0.25, 0.3) is 0 Å². The highest BCUT2D eigenvalue weighted by Gasteiger charge is 2.34. The lowest BCUT2D eigenvalue weighted by molar-refractivity contribution is -0.124. The molecule has 0 bridgehead atoms. The zero-order valence-corrected chi connectivity index (χ0v) is 12.7. The van der Waals surface area contributed by atoms with Crippen LogP contribution in [0.4, 0.5) is 5.69 Å². The van der Waals surface area contributed by atoms with E-state index in [1.54, 1.807) is 0 Å². The first-order valence-corrected chi connectivity index (χ1v) is 8.08. The quantitative estimate of drug-likeness (QED) is 0.896. The first-order chi connectivity index (χ1) is 10.2. The van der Waals surface area contributed by atoms with E-state index >= 15 is 0 Å². The van der Waals surface area contributed by atoms with Gasteiger partial charge < -0.3 is 16.0 Å². The summed E-state index contributed by atoms with van der Waals surface area (Å²) in [6.07, 6.45) is 3.67. The molecule has 3 atom stereocenters. The maximum absolute atomic E-state index is 11.5. The Morgan fingerprint density at radius 2 is 2.19 bits per heavy atom. The molecule has 1 amide bonds. The molecule has 0 spiro atoms. The largest absolute Gasteiger partial charge is 0.371 e. The summed E-state index contributed by atoms with van der Waals surface area (Å²) in [5, 5.41) is 3.15. The Labute approximate surface area is 126 Å². The molecule has 2 heterocycles. The normalized spacial score (nSPS) is 27.0. The van der Waals surface area contributed by atoms with Gasteiger partial charge in [-0.2, -0.15) is 0 Å². The molecule has 4 nitrogen and oxygen atoms in total. The third-order valence-corrected chi connectivity index (χ3v) is 4.94. The molecule has 0 radical (unpaired) electrons. The van der Waals surface area contributed by atoms with E-state index in [0.29, 0.717) is 18.4 Å². The number of carbonyl (C=O) groups is 1. The van der Waals surface area contributed by atoms with E-state index in [0.717, 1.165) is 32.4 Å². The second kappa shape index (κ2) is 6.06. The molecule has 0 aromatic heterocycles. The number of benzene rings is 1. The van der Waals surface area contributed by atoms with Gasteiger partial charge in [0.2, 0.25) is 5.91 Å². The molecule has 1 aromatic rings. The fraction of sp³-hybridized carbons (Fsp3) is 0.588. The van der Waals surface area contributed by atoms with Gasteiger partial charge in [-0.25, -0.2) is 0 Å². The fourth-order valence-corrected chi connectivity index (χ4v) is 3.64. The summed E-state index contributed by atoms with van der Waals surface area (Å²) in [6, 6.07) is 8.97. The minimum Gasteiger partial charge on any atom is -0.371 e. The van der Waals surface area contributed by atoms with Crippen LogP contribution in [-0.4, -0.2) is 25.0 Å². The SMILES string of the molecule is CC[C@@H](N)c1ccccc1N1CCC2NC(=O)CCC2C1. The van der Waals surface area contributed by atoms with Crippen LogP contribution in [0.1, 0.15) is 44.2 Å². The number of nitrogens with two attached hydrogens (primary N) is 1. The molecule has 3 N–H and O–H groups in total. The molecule has 114 valence electrons. The summed E-state index contributed by atoms with van der Waals surface area (Å²) >= 11 is 0. The van der Waals surface area contributed by atoms with Crippen LogP contribution in [0.2, 0.25) is 0 Å². The van der Waals surface area contributed by atoms with Crippen LogP contribution in [0.25, 0.3) is 0 Å².